The zero-order chi connectivity index (χ0) is 10.4. The van der Waals surface area contributed by atoms with Crippen molar-refractivity contribution in [2.24, 2.45) is 5.92 Å². The Kier molecular flexibility index (Phi) is 5.45. The Labute approximate surface area is 87.8 Å². The lowest BCUT2D eigenvalue weighted by atomic mass is 10.2. The molecule has 0 amide bonds. The van der Waals surface area contributed by atoms with E-state index in [-0.39, 0.29) is 0 Å². The van der Waals surface area contributed by atoms with Crippen molar-refractivity contribution in [2.75, 3.05) is 40.4 Å². The van der Waals surface area contributed by atoms with E-state index in [1.54, 1.807) is 7.11 Å². The molecule has 1 rings (SSSR count). The molecule has 0 spiro atoms. The van der Waals surface area contributed by atoms with Gasteiger partial charge in [0.1, 0.15) is 0 Å². The molecule has 3 nitrogen and oxygen atoms in total. The summed E-state index contributed by atoms with van der Waals surface area (Å²) in [5.74, 6) is 0.958. The van der Waals surface area contributed by atoms with Crippen molar-refractivity contribution in [1.82, 2.24) is 10.2 Å². The van der Waals surface area contributed by atoms with Crippen LogP contribution in [0.3, 0.4) is 0 Å². The summed E-state index contributed by atoms with van der Waals surface area (Å²) < 4.78 is 5.03. The van der Waals surface area contributed by atoms with Gasteiger partial charge < -0.3 is 15.0 Å². The minimum Gasteiger partial charge on any atom is -0.383 e. The van der Waals surface area contributed by atoms with Crippen LogP contribution in [-0.2, 0) is 4.74 Å². The molecule has 0 radical (unpaired) electrons. The molecule has 0 aromatic heterocycles. The van der Waals surface area contributed by atoms with E-state index in [4.69, 9.17) is 4.74 Å². The fourth-order valence-electron chi connectivity index (χ4n) is 1.60. The van der Waals surface area contributed by atoms with Crippen LogP contribution < -0.4 is 5.32 Å². The smallest absolute Gasteiger partial charge is 0.0589 e. The summed E-state index contributed by atoms with van der Waals surface area (Å²) in [5.41, 5.74) is 0. The molecule has 1 unspecified atom stereocenters. The molecular formula is C11H24N2O. The summed E-state index contributed by atoms with van der Waals surface area (Å²) in [6.07, 6.45) is 2.85. The number of likely N-dealkylation sites (N-methyl/N-ethyl adjacent to an activating group) is 1. The van der Waals surface area contributed by atoms with Crippen molar-refractivity contribution in [3.05, 3.63) is 0 Å². The Bertz CT molecular complexity index is 148. The first-order valence-corrected chi connectivity index (χ1v) is 5.65. The normalized spacial score (nSPS) is 18.9. The van der Waals surface area contributed by atoms with E-state index in [2.05, 4.69) is 24.2 Å². The third-order valence-electron chi connectivity index (χ3n) is 2.97. The van der Waals surface area contributed by atoms with Crippen molar-refractivity contribution < 1.29 is 4.74 Å². The highest BCUT2D eigenvalue weighted by molar-refractivity contribution is 4.83. The van der Waals surface area contributed by atoms with E-state index < -0.39 is 0 Å². The summed E-state index contributed by atoms with van der Waals surface area (Å²) in [6, 6.07) is 0.714. The van der Waals surface area contributed by atoms with E-state index in [0.29, 0.717) is 6.04 Å². The first-order chi connectivity index (χ1) is 6.74. The van der Waals surface area contributed by atoms with Crippen LogP contribution in [0, 0.1) is 5.92 Å². The Balaban J connectivity index is 1.91. The highest BCUT2D eigenvalue weighted by Gasteiger charge is 2.27. The lowest BCUT2D eigenvalue weighted by Gasteiger charge is -2.18. The van der Waals surface area contributed by atoms with Crippen LogP contribution in [0.1, 0.15) is 19.8 Å². The second-order valence-corrected chi connectivity index (χ2v) is 4.38. The number of ether oxygens (including phenoxy) is 1. The van der Waals surface area contributed by atoms with Gasteiger partial charge in [0.2, 0.25) is 0 Å². The quantitative estimate of drug-likeness (QED) is 0.631. The van der Waals surface area contributed by atoms with Crippen LogP contribution in [0.15, 0.2) is 0 Å². The van der Waals surface area contributed by atoms with Gasteiger partial charge in [0.25, 0.3) is 0 Å². The SMILES string of the molecule is COCCN(C)CCNC(C)C1CC1. The second-order valence-electron chi connectivity index (χ2n) is 4.38. The second kappa shape index (κ2) is 6.38. The Hall–Kier alpha value is -0.120. The van der Waals surface area contributed by atoms with Crippen molar-refractivity contribution in [3.8, 4) is 0 Å². The summed E-state index contributed by atoms with van der Waals surface area (Å²) in [6.45, 7) is 6.36. The van der Waals surface area contributed by atoms with Gasteiger partial charge in [0, 0.05) is 32.8 Å². The van der Waals surface area contributed by atoms with Crippen LogP contribution in [0.5, 0.6) is 0 Å². The minimum atomic E-state index is 0.714. The number of hydrogen-bond acceptors (Lipinski definition) is 3. The third-order valence-corrected chi connectivity index (χ3v) is 2.97. The zero-order valence-electron chi connectivity index (χ0n) is 9.75. The third kappa shape index (κ3) is 4.94. The molecule has 0 aliphatic heterocycles. The van der Waals surface area contributed by atoms with E-state index in [1.165, 1.54) is 12.8 Å². The number of nitrogens with one attached hydrogen (secondary N) is 1. The molecule has 1 N–H and O–H groups in total. The van der Waals surface area contributed by atoms with E-state index in [9.17, 15) is 0 Å². The predicted molar refractivity (Wildman–Crippen MR) is 59.6 cm³/mol. The summed E-state index contributed by atoms with van der Waals surface area (Å²) in [4.78, 5) is 2.30. The van der Waals surface area contributed by atoms with Gasteiger partial charge in [-0.15, -0.1) is 0 Å². The maximum Gasteiger partial charge on any atom is 0.0589 e. The van der Waals surface area contributed by atoms with Crippen LogP contribution >= 0.6 is 0 Å². The van der Waals surface area contributed by atoms with Gasteiger partial charge in [-0.25, -0.2) is 0 Å². The average molecular weight is 200 g/mol. The molecule has 1 aliphatic rings. The largest absolute Gasteiger partial charge is 0.383 e. The number of hydrogen-bond donors (Lipinski definition) is 1. The molecular weight excluding hydrogens is 176 g/mol. The molecule has 1 aliphatic carbocycles. The van der Waals surface area contributed by atoms with Crippen LogP contribution in [0.25, 0.3) is 0 Å². The molecule has 3 heteroatoms. The molecule has 0 bridgehead atoms. The van der Waals surface area contributed by atoms with Crippen LogP contribution in [0.4, 0.5) is 0 Å². The van der Waals surface area contributed by atoms with Gasteiger partial charge in [-0.05, 0) is 32.7 Å². The molecule has 0 heterocycles. The fraction of sp³-hybridized carbons (Fsp3) is 1.00. The van der Waals surface area contributed by atoms with Crippen LogP contribution in [0.2, 0.25) is 0 Å². The first kappa shape index (κ1) is 12.0. The topological polar surface area (TPSA) is 24.5 Å². The molecule has 1 fully saturated rings. The number of rotatable bonds is 8. The van der Waals surface area contributed by atoms with E-state index in [1.807, 2.05) is 0 Å². The Morgan fingerprint density at radius 2 is 2.14 bits per heavy atom. The molecule has 0 aromatic carbocycles. The minimum absolute atomic E-state index is 0.714. The standard InChI is InChI=1S/C11H24N2O/c1-10(11-4-5-11)12-6-7-13(2)8-9-14-3/h10-12H,4-9H2,1-3H3. The average Bonchev–Trinajstić information content (AvgIpc) is 2.97. The van der Waals surface area contributed by atoms with Crippen LogP contribution in [-0.4, -0.2) is 51.3 Å². The Morgan fingerprint density at radius 3 is 2.71 bits per heavy atom. The van der Waals surface area contributed by atoms with Gasteiger partial charge in [-0.1, -0.05) is 0 Å². The lowest BCUT2D eigenvalue weighted by Crippen LogP contribution is -2.36. The van der Waals surface area contributed by atoms with Gasteiger partial charge in [0.05, 0.1) is 6.61 Å². The fourth-order valence-corrected chi connectivity index (χ4v) is 1.60. The number of nitrogens with zero attached hydrogens (tertiary/aromatic N) is 1. The number of methoxy groups -OCH3 is 1. The maximum absolute atomic E-state index is 5.03. The van der Waals surface area contributed by atoms with Crippen molar-refractivity contribution in [3.63, 3.8) is 0 Å². The van der Waals surface area contributed by atoms with Gasteiger partial charge >= 0.3 is 0 Å². The van der Waals surface area contributed by atoms with Crippen molar-refractivity contribution in [2.45, 2.75) is 25.8 Å². The molecule has 0 aromatic rings. The monoisotopic (exact) mass is 200 g/mol. The predicted octanol–water partition coefficient (Wildman–Crippen LogP) is 0.953. The lowest BCUT2D eigenvalue weighted by molar-refractivity contribution is 0.161. The maximum atomic E-state index is 5.03. The van der Waals surface area contributed by atoms with Crippen molar-refractivity contribution >= 4 is 0 Å². The van der Waals surface area contributed by atoms with Crippen molar-refractivity contribution in [1.29, 1.82) is 0 Å². The summed E-state index contributed by atoms with van der Waals surface area (Å²) in [5, 5.41) is 3.57. The first-order valence-electron chi connectivity index (χ1n) is 5.65. The summed E-state index contributed by atoms with van der Waals surface area (Å²) in [7, 11) is 3.89. The van der Waals surface area contributed by atoms with E-state index in [0.717, 1.165) is 32.2 Å². The summed E-state index contributed by atoms with van der Waals surface area (Å²) >= 11 is 0. The molecule has 14 heavy (non-hydrogen) atoms. The molecule has 0 saturated heterocycles. The van der Waals surface area contributed by atoms with Gasteiger partial charge in [0.15, 0.2) is 0 Å². The highest BCUT2D eigenvalue weighted by atomic mass is 16.5. The van der Waals surface area contributed by atoms with Gasteiger partial charge in [-0.3, -0.25) is 0 Å². The van der Waals surface area contributed by atoms with Gasteiger partial charge in [-0.2, -0.15) is 0 Å². The molecule has 1 saturated carbocycles. The molecule has 1 atom stereocenters. The Morgan fingerprint density at radius 1 is 1.43 bits per heavy atom. The highest BCUT2D eigenvalue weighted by Crippen LogP contribution is 2.32. The van der Waals surface area contributed by atoms with E-state index >= 15 is 0 Å². The molecule has 84 valence electrons. The zero-order valence-corrected chi connectivity index (χ0v) is 9.75.